The van der Waals surface area contributed by atoms with Gasteiger partial charge in [-0.15, -0.1) is 0 Å². The first-order chi connectivity index (χ1) is 16.2. The summed E-state index contributed by atoms with van der Waals surface area (Å²) in [5.74, 6) is -1.44. The molecule has 1 atom stereocenters. The van der Waals surface area contributed by atoms with Crippen LogP contribution in [0.4, 0.5) is 0 Å². The van der Waals surface area contributed by atoms with Crippen molar-refractivity contribution >= 4 is 27.8 Å². The summed E-state index contributed by atoms with van der Waals surface area (Å²) in [7, 11) is -3.63. The van der Waals surface area contributed by atoms with Crippen LogP contribution in [0.5, 0.6) is 0 Å². The Morgan fingerprint density at radius 2 is 2.03 bits per heavy atom. The summed E-state index contributed by atoms with van der Waals surface area (Å²) in [5, 5.41) is 7.48. The number of hydrogen-bond acceptors (Lipinski definition) is 8. The lowest BCUT2D eigenvalue weighted by Crippen LogP contribution is -2.43. The normalized spacial score (nSPS) is 17.8. The average Bonchev–Trinajstić information content (AvgIpc) is 3.26. The zero-order chi connectivity index (χ0) is 24.7. The molecule has 34 heavy (non-hydrogen) atoms. The fraction of sp³-hybridized carbons (Fsp3) is 0.714. The molecule has 190 valence electrons. The van der Waals surface area contributed by atoms with Gasteiger partial charge in [0.2, 0.25) is 10.0 Å². The molecule has 0 radical (unpaired) electrons. The predicted octanol–water partition coefficient (Wildman–Crippen LogP) is 0.0246. The van der Waals surface area contributed by atoms with Crippen molar-refractivity contribution in [3.05, 3.63) is 17.5 Å². The fourth-order valence-corrected chi connectivity index (χ4v) is 5.44. The van der Waals surface area contributed by atoms with Crippen LogP contribution >= 0.6 is 0 Å². The van der Waals surface area contributed by atoms with Gasteiger partial charge in [-0.2, -0.15) is 10.6 Å². The fourth-order valence-electron chi connectivity index (χ4n) is 4.02. The van der Waals surface area contributed by atoms with E-state index >= 15 is 0 Å². The van der Waals surface area contributed by atoms with Gasteiger partial charge in [0.1, 0.15) is 11.7 Å². The van der Waals surface area contributed by atoms with Gasteiger partial charge >= 0.3 is 11.9 Å². The van der Waals surface area contributed by atoms with Crippen molar-refractivity contribution in [2.45, 2.75) is 58.5 Å². The molecule has 1 saturated heterocycles. The minimum absolute atomic E-state index is 0.0625. The Morgan fingerprint density at radius 3 is 2.74 bits per heavy atom. The number of nitrogens with zero attached hydrogens (tertiary/aromatic N) is 3. The smallest absolute Gasteiger partial charge is 0.339 e. The number of sulfonamides is 1. The van der Waals surface area contributed by atoms with Gasteiger partial charge in [0, 0.05) is 19.2 Å². The zero-order valence-electron chi connectivity index (χ0n) is 19.7. The third-order valence-electron chi connectivity index (χ3n) is 6.09. The van der Waals surface area contributed by atoms with Crippen LogP contribution in [0, 0.1) is 5.92 Å². The monoisotopic (exact) mass is 498 g/mol. The van der Waals surface area contributed by atoms with E-state index in [1.807, 2.05) is 12.4 Å². The van der Waals surface area contributed by atoms with E-state index in [2.05, 4.69) is 15.1 Å². The zero-order valence-corrected chi connectivity index (χ0v) is 20.5. The molecule has 0 spiro atoms. The highest BCUT2D eigenvalue weighted by molar-refractivity contribution is 7.89. The number of carbonyl (C=O) groups is 3. The van der Waals surface area contributed by atoms with E-state index in [0.717, 1.165) is 32.4 Å². The van der Waals surface area contributed by atoms with Gasteiger partial charge in [-0.1, -0.05) is 13.3 Å². The first kappa shape index (κ1) is 26.1. The quantitative estimate of drug-likeness (QED) is 0.382. The van der Waals surface area contributed by atoms with Gasteiger partial charge in [0.05, 0.1) is 12.3 Å². The van der Waals surface area contributed by atoms with Gasteiger partial charge < -0.3 is 15.1 Å². The number of aromatic nitrogens is 2. The SMILES string of the molecule is CCCCS(=O)(=O)NC(C)C(=O)ONC(=O)c1cc2n(n1)CCN(CCC1CCNCC1)C2=O. The first-order valence-corrected chi connectivity index (χ1v) is 13.4. The van der Waals surface area contributed by atoms with Crippen LogP contribution in [-0.2, 0) is 26.2 Å². The molecule has 1 unspecified atom stereocenters. The molecule has 13 heteroatoms. The van der Waals surface area contributed by atoms with Gasteiger partial charge in [0.15, 0.2) is 5.69 Å². The maximum Gasteiger partial charge on any atom is 0.349 e. The number of piperidine rings is 1. The van der Waals surface area contributed by atoms with Crippen LogP contribution in [0.3, 0.4) is 0 Å². The molecular formula is C21H34N6O6S. The van der Waals surface area contributed by atoms with E-state index in [4.69, 9.17) is 4.84 Å². The summed E-state index contributed by atoms with van der Waals surface area (Å²) in [6, 6.07) is 0.200. The maximum atomic E-state index is 12.9. The lowest BCUT2D eigenvalue weighted by atomic mass is 9.94. The molecule has 12 nitrogen and oxygen atoms in total. The Bertz CT molecular complexity index is 988. The van der Waals surface area contributed by atoms with Crippen molar-refractivity contribution in [1.82, 2.24) is 30.2 Å². The van der Waals surface area contributed by atoms with Crippen LogP contribution in [0.1, 0.15) is 66.9 Å². The van der Waals surface area contributed by atoms with E-state index in [9.17, 15) is 22.8 Å². The Kier molecular flexibility index (Phi) is 9.03. The first-order valence-electron chi connectivity index (χ1n) is 11.8. The molecule has 2 aliphatic heterocycles. The second-order valence-electron chi connectivity index (χ2n) is 8.78. The van der Waals surface area contributed by atoms with E-state index in [0.29, 0.717) is 44.1 Å². The number of amides is 2. The summed E-state index contributed by atoms with van der Waals surface area (Å²) in [5.41, 5.74) is 2.23. The summed E-state index contributed by atoms with van der Waals surface area (Å²) >= 11 is 0. The lowest BCUT2D eigenvalue weighted by Gasteiger charge is -2.30. The summed E-state index contributed by atoms with van der Waals surface area (Å²) in [4.78, 5) is 43.9. The molecular weight excluding hydrogens is 464 g/mol. The van der Waals surface area contributed by atoms with Crippen molar-refractivity contribution in [1.29, 1.82) is 0 Å². The van der Waals surface area contributed by atoms with E-state index in [1.54, 1.807) is 4.90 Å². The molecule has 1 fully saturated rings. The van der Waals surface area contributed by atoms with E-state index in [1.165, 1.54) is 17.7 Å². The van der Waals surface area contributed by atoms with Crippen LogP contribution in [0.2, 0.25) is 0 Å². The second-order valence-corrected chi connectivity index (χ2v) is 10.6. The third kappa shape index (κ3) is 7.00. The van der Waals surface area contributed by atoms with Crippen LogP contribution < -0.4 is 15.5 Å². The number of hydrogen-bond donors (Lipinski definition) is 3. The molecule has 3 rings (SSSR count). The molecule has 1 aromatic rings. The van der Waals surface area contributed by atoms with Crippen molar-refractivity contribution in [2.75, 3.05) is 31.9 Å². The Hall–Kier alpha value is -2.51. The largest absolute Gasteiger partial charge is 0.349 e. The lowest BCUT2D eigenvalue weighted by molar-refractivity contribution is -0.150. The van der Waals surface area contributed by atoms with E-state index in [-0.39, 0.29) is 17.4 Å². The highest BCUT2D eigenvalue weighted by Gasteiger charge is 2.29. The van der Waals surface area contributed by atoms with Gasteiger partial charge in [0.25, 0.3) is 5.91 Å². The summed E-state index contributed by atoms with van der Waals surface area (Å²) in [6.45, 7) is 6.86. The molecule has 1 aromatic heterocycles. The second kappa shape index (κ2) is 11.8. The van der Waals surface area contributed by atoms with Crippen molar-refractivity contribution in [2.24, 2.45) is 5.92 Å². The van der Waals surface area contributed by atoms with E-state index < -0.39 is 27.9 Å². The van der Waals surface area contributed by atoms with Crippen molar-refractivity contribution < 1.29 is 27.6 Å². The number of carbonyl (C=O) groups excluding carboxylic acids is 3. The number of rotatable bonds is 10. The Balaban J connectivity index is 1.50. The maximum absolute atomic E-state index is 12.9. The molecule has 0 aliphatic carbocycles. The summed E-state index contributed by atoms with van der Waals surface area (Å²) in [6.07, 6.45) is 4.34. The molecule has 0 saturated carbocycles. The average molecular weight is 499 g/mol. The van der Waals surface area contributed by atoms with Gasteiger partial charge in [-0.25, -0.2) is 17.9 Å². The van der Waals surface area contributed by atoms with Crippen LogP contribution in [0.25, 0.3) is 0 Å². The van der Waals surface area contributed by atoms with Gasteiger partial charge in [-0.3, -0.25) is 14.3 Å². The highest BCUT2D eigenvalue weighted by Crippen LogP contribution is 2.19. The molecule has 3 heterocycles. The number of nitrogens with one attached hydrogen (secondary N) is 3. The minimum Gasteiger partial charge on any atom is -0.339 e. The number of hydroxylamine groups is 1. The number of unbranched alkanes of at least 4 members (excludes halogenated alkanes) is 1. The van der Waals surface area contributed by atoms with Gasteiger partial charge in [-0.05, 0) is 51.6 Å². The van der Waals surface area contributed by atoms with Crippen molar-refractivity contribution in [3.63, 3.8) is 0 Å². The molecule has 0 bridgehead atoms. The number of fused-ring (bicyclic) bond motifs is 1. The van der Waals surface area contributed by atoms with Crippen LogP contribution in [0.15, 0.2) is 6.07 Å². The summed E-state index contributed by atoms with van der Waals surface area (Å²) < 4.78 is 27.5. The Labute approximate surface area is 199 Å². The third-order valence-corrected chi connectivity index (χ3v) is 7.63. The molecule has 2 aliphatic rings. The predicted molar refractivity (Wildman–Crippen MR) is 123 cm³/mol. The highest BCUT2D eigenvalue weighted by atomic mass is 32.2. The standard InChI is InChI=1S/C21H34N6O6S/c1-3-4-13-34(31,32)25-15(2)21(30)33-24-19(28)17-14-18-20(29)26(11-12-27(18)23-17)10-7-16-5-8-22-9-6-16/h14-16,22,25H,3-13H2,1-2H3,(H,24,28). The molecule has 2 amide bonds. The Morgan fingerprint density at radius 1 is 1.29 bits per heavy atom. The van der Waals surface area contributed by atoms with Crippen molar-refractivity contribution in [3.8, 4) is 0 Å². The minimum atomic E-state index is -3.63. The van der Waals surface area contributed by atoms with Crippen LogP contribution in [-0.4, -0.2) is 78.9 Å². The molecule has 3 N–H and O–H groups in total. The topological polar surface area (TPSA) is 152 Å². The molecule has 0 aromatic carbocycles.